The Morgan fingerprint density at radius 1 is 1.06 bits per heavy atom. The van der Waals surface area contributed by atoms with Crippen molar-refractivity contribution in [3.05, 3.63) is 69.9 Å². The van der Waals surface area contributed by atoms with Crippen LogP contribution in [0.2, 0.25) is 0 Å². The summed E-state index contributed by atoms with van der Waals surface area (Å²) in [6.45, 7) is 2.37. The number of nitrogens with one attached hydrogen (secondary N) is 1. The van der Waals surface area contributed by atoms with Crippen LogP contribution in [0.25, 0.3) is 0 Å². The van der Waals surface area contributed by atoms with E-state index in [1.165, 1.54) is 25.6 Å². The molecule has 1 aliphatic rings. The van der Waals surface area contributed by atoms with Crippen LogP contribution in [0.1, 0.15) is 39.7 Å². The molecule has 0 unspecified atom stereocenters. The second kappa shape index (κ2) is 9.54. The van der Waals surface area contributed by atoms with Crippen molar-refractivity contribution >= 4 is 28.8 Å². The zero-order chi connectivity index (χ0) is 23.5. The van der Waals surface area contributed by atoms with Crippen molar-refractivity contribution in [3.8, 4) is 17.2 Å². The average molecular weight is 467 g/mol. The van der Waals surface area contributed by atoms with Crippen LogP contribution < -0.4 is 19.5 Å². The van der Waals surface area contributed by atoms with Crippen LogP contribution in [0.3, 0.4) is 0 Å². The minimum Gasteiger partial charge on any atom is -0.493 e. The molecule has 0 saturated carbocycles. The van der Waals surface area contributed by atoms with Gasteiger partial charge in [0.1, 0.15) is 5.75 Å². The Labute approximate surface area is 196 Å². The number of likely N-dealkylation sites (N-methyl/N-ethyl adjacent to an activating group) is 1. The summed E-state index contributed by atoms with van der Waals surface area (Å²) in [5.74, 6) is 0.403. The van der Waals surface area contributed by atoms with Crippen LogP contribution in [-0.4, -0.2) is 44.6 Å². The number of amides is 2. The highest BCUT2D eigenvalue weighted by Gasteiger charge is 2.44. The Balaban J connectivity index is 1.85. The zero-order valence-electron chi connectivity index (χ0n) is 19.0. The molecule has 2 amide bonds. The molecule has 4 rings (SSSR count). The molecule has 2 atom stereocenters. The van der Waals surface area contributed by atoms with Gasteiger partial charge in [0.25, 0.3) is 5.91 Å². The lowest BCUT2D eigenvalue weighted by Crippen LogP contribution is -2.43. The summed E-state index contributed by atoms with van der Waals surface area (Å²) in [6, 6.07) is 14.1. The van der Waals surface area contributed by atoms with Crippen LogP contribution in [-0.2, 0) is 4.79 Å². The Hall–Kier alpha value is -3.52. The molecule has 3 aromatic rings. The molecule has 172 valence electrons. The number of rotatable bonds is 7. The summed E-state index contributed by atoms with van der Waals surface area (Å²) >= 11 is 1.51. The molecule has 2 heterocycles. The smallest absolute Gasteiger partial charge is 0.254 e. The summed E-state index contributed by atoms with van der Waals surface area (Å²) < 4.78 is 16.6. The highest BCUT2D eigenvalue weighted by atomic mass is 32.1. The number of nitrogens with zero attached hydrogens (tertiary/aromatic N) is 1. The summed E-state index contributed by atoms with van der Waals surface area (Å²) in [5.41, 5.74) is 1.59. The third-order valence-electron chi connectivity index (χ3n) is 5.74. The summed E-state index contributed by atoms with van der Waals surface area (Å²) in [5, 5.41) is 4.97. The van der Waals surface area contributed by atoms with E-state index in [0.717, 1.165) is 4.88 Å². The number of anilines is 1. The number of ether oxygens (including phenoxy) is 3. The maximum absolute atomic E-state index is 13.8. The fourth-order valence-corrected chi connectivity index (χ4v) is 5.11. The Morgan fingerprint density at radius 3 is 2.45 bits per heavy atom. The molecule has 8 heteroatoms. The third kappa shape index (κ3) is 4.14. The molecular formula is C25H26N2O5S. The van der Waals surface area contributed by atoms with E-state index < -0.39 is 12.0 Å². The van der Waals surface area contributed by atoms with Crippen LogP contribution in [0, 0.1) is 0 Å². The molecule has 7 nitrogen and oxygen atoms in total. The normalized spacial score (nSPS) is 17.3. The predicted octanol–water partition coefficient (Wildman–Crippen LogP) is 4.71. The minimum absolute atomic E-state index is 0.178. The lowest BCUT2D eigenvalue weighted by atomic mass is 9.81. The van der Waals surface area contributed by atoms with Crippen molar-refractivity contribution in [2.24, 2.45) is 0 Å². The van der Waals surface area contributed by atoms with Crippen molar-refractivity contribution in [2.45, 2.75) is 18.9 Å². The first-order chi connectivity index (χ1) is 16.0. The SMILES string of the molecule is CCOc1ccccc1NC(=O)[C@@H]1c2cc(OC)c(OC)cc2C(=O)N(C)[C@@H]1c1cccs1. The first kappa shape index (κ1) is 22.7. The van der Waals surface area contributed by atoms with Crippen molar-refractivity contribution in [1.82, 2.24) is 4.90 Å². The molecule has 1 N–H and O–H groups in total. The number of carbonyl (C=O) groups is 2. The Bertz CT molecular complexity index is 1160. The first-order valence-corrected chi connectivity index (χ1v) is 11.5. The fourth-order valence-electron chi connectivity index (χ4n) is 4.21. The van der Waals surface area contributed by atoms with Gasteiger partial charge in [0, 0.05) is 17.5 Å². The van der Waals surface area contributed by atoms with Gasteiger partial charge >= 0.3 is 0 Å². The Morgan fingerprint density at radius 2 is 1.79 bits per heavy atom. The minimum atomic E-state index is -0.671. The lowest BCUT2D eigenvalue weighted by Gasteiger charge is -2.39. The van der Waals surface area contributed by atoms with E-state index in [-0.39, 0.29) is 11.8 Å². The van der Waals surface area contributed by atoms with Crippen LogP contribution >= 0.6 is 11.3 Å². The second-order valence-corrected chi connectivity index (χ2v) is 8.55. The zero-order valence-corrected chi connectivity index (χ0v) is 19.8. The third-order valence-corrected chi connectivity index (χ3v) is 6.68. The Kier molecular flexibility index (Phi) is 6.55. The summed E-state index contributed by atoms with van der Waals surface area (Å²) in [6.07, 6.45) is 0. The average Bonchev–Trinajstić information content (AvgIpc) is 3.36. The molecule has 1 aromatic heterocycles. The van der Waals surface area contributed by atoms with Crippen molar-refractivity contribution in [3.63, 3.8) is 0 Å². The topological polar surface area (TPSA) is 77.1 Å². The van der Waals surface area contributed by atoms with E-state index in [2.05, 4.69) is 5.32 Å². The number of benzene rings is 2. The quantitative estimate of drug-likeness (QED) is 0.546. The highest BCUT2D eigenvalue weighted by Crippen LogP contribution is 2.47. The van der Waals surface area contributed by atoms with Gasteiger partial charge in [-0.05, 0) is 48.2 Å². The number of fused-ring (bicyclic) bond motifs is 1. The van der Waals surface area contributed by atoms with E-state index in [1.807, 2.05) is 42.6 Å². The number of hydrogen-bond acceptors (Lipinski definition) is 6. The number of methoxy groups -OCH3 is 2. The van der Waals surface area contributed by atoms with Gasteiger partial charge in [-0.15, -0.1) is 11.3 Å². The molecule has 1 aliphatic heterocycles. The molecule has 33 heavy (non-hydrogen) atoms. The molecule has 0 radical (unpaired) electrons. The van der Waals surface area contributed by atoms with Crippen molar-refractivity contribution in [2.75, 3.05) is 33.2 Å². The summed E-state index contributed by atoms with van der Waals surface area (Å²) in [4.78, 5) is 29.7. The fraction of sp³-hybridized carbons (Fsp3) is 0.280. The van der Waals surface area contributed by atoms with E-state index in [1.54, 1.807) is 30.1 Å². The van der Waals surface area contributed by atoms with Crippen LogP contribution in [0.15, 0.2) is 53.9 Å². The van der Waals surface area contributed by atoms with Crippen LogP contribution in [0.4, 0.5) is 5.69 Å². The summed E-state index contributed by atoms with van der Waals surface area (Å²) in [7, 11) is 4.77. The number of para-hydroxylation sites is 2. The van der Waals surface area contributed by atoms with Crippen molar-refractivity contribution < 1.29 is 23.8 Å². The first-order valence-electron chi connectivity index (χ1n) is 10.6. The van der Waals surface area contributed by atoms with Gasteiger partial charge in [-0.25, -0.2) is 0 Å². The van der Waals surface area contributed by atoms with E-state index >= 15 is 0 Å². The number of hydrogen-bond donors (Lipinski definition) is 1. The highest BCUT2D eigenvalue weighted by molar-refractivity contribution is 7.10. The van der Waals surface area contributed by atoms with E-state index in [9.17, 15) is 9.59 Å². The van der Waals surface area contributed by atoms with E-state index in [4.69, 9.17) is 14.2 Å². The van der Waals surface area contributed by atoms with Gasteiger partial charge in [0.05, 0.1) is 38.5 Å². The van der Waals surface area contributed by atoms with Gasteiger partial charge in [-0.1, -0.05) is 18.2 Å². The van der Waals surface area contributed by atoms with Crippen LogP contribution in [0.5, 0.6) is 17.2 Å². The number of thiophene rings is 1. The predicted molar refractivity (Wildman–Crippen MR) is 128 cm³/mol. The maximum atomic E-state index is 13.8. The van der Waals surface area contributed by atoms with Gasteiger partial charge in [0.15, 0.2) is 11.5 Å². The van der Waals surface area contributed by atoms with E-state index in [0.29, 0.717) is 40.7 Å². The maximum Gasteiger partial charge on any atom is 0.254 e. The molecule has 0 bridgehead atoms. The number of carbonyl (C=O) groups excluding carboxylic acids is 2. The second-order valence-electron chi connectivity index (χ2n) is 7.57. The molecule has 0 fully saturated rings. The van der Waals surface area contributed by atoms with Gasteiger partial charge in [0.2, 0.25) is 5.91 Å². The van der Waals surface area contributed by atoms with Gasteiger partial charge in [-0.3, -0.25) is 9.59 Å². The molecule has 2 aromatic carbocycles. The lowest BCUT2D eigenvalue weighted by molar-refractivity contribution is -0.119. The van der Waals surface area contributed by atoms with Gasteiger partial charge in [-0.2, -0.15) is 0 Å². The van der Waals surface area contributed by atoms with Crippen molar-refractivity contribution in [1.29, 1.82) is 0 Å². The monoisotopic (exact) mass is 466 g/mol. The van der Waals surface area contributed by atoms with Gasteiger partial charge < -0.3 is 24.4 Å². The molecule has 0 spiro atoms. The molecule has 0 aliphatic carbocycles. The molecular weight excluding hydrogens is 440 g/mol. The largest absolute Gasteiger partial charge is 0.493 e. The standard InChI is InChI=1S/C25H26N2O5S/c1-5-32-18-10-7-6-9-17(18)26-24(28)22-15-13-19(30-3)20(31-4)14-16(15)25(29)27(2)23(22)21-11-8-12-33-21/h6-14,22-23H,5H2,1-4H3,(H,26,28)/t22-,23-/m1/s1. The molecule has 0 saturated heterocycles.